The molecule has 1 rings (SSSR count). The monoisotopic (exact) mass is 230 g/mol. The summed E-state index contributed by atoms with van der Waals surface area (Å²) in [7, 11) is 0. The van der Waals surface area contributed by atoms with Gasteiger partial charge in [0.25, 0.3) is 0 Å². The lowest BCUT2D eigenvalue weighted by Gasteiger charge is -2.22. The average Bonchev–Trinajstić information content (AvgIpc) is 2.57. The Morgan fingerprint density at radius 3 is 2.88 bits per heavy atom. The Bertz CT molecular complexity index is 229. The zero-order valence-corrected chi connectivity index (χ0v) is 10.5. The number of rotatable bonds is 6. The number of esters is 1. The predicted octanol–water partition coefficient (Wildman–Crippen LogP) is 2.26. The molecular weight excluding hydrogens is 208 g/mol. The summed E-state index contributed by atoms with van der Waals surface area (Å²) < 4.78 is 16.2. The standard InChI is InChI=1S/C12H22O4/c1-4-5-8-14-11(13)6-7-12(3)15-9-10(2)16-12/h10H,4-9H2,1-3H3. The number of hydrogen-bond donors (Lipinski definition) is 0. The molecule has 0 saturated carbocycles. The van der Waals surface area contributed by atoms with Crippen molar-refractivity contribution in [3.8, 4) is 0 Å². The first kappa shape index (κ1) is 13.5. The maximum absolute atomic E-state index is 11.4. The molecule has 4 heteroatoms. The summed E-state index contributed by atoms with van der Waals surface area (Å²) in [6.07, 6.45) is 2.98. The van der Waals surface area contributed by atoms with Gasteiger partial charge in [-0.15, -0.1) is 0 Å². The van der Waals surface area contributed by atoms with Gasteiger partial charge in [-0.1, -0.05) is 13.3 Å². The van der Waals surface area contributed by atoms with Crippen molar-refractivity contribution in [1.82, 2.24) is 0 Å². The van der Waals surface area contributed by atoms with Crippen LogP contribution in [-0.2, 0) is 19.0 Å². The summed E-state index contributed by atoms with van der Waals surface area (Å²) in [6, 6.07) is 0. The summed E-state index contributed by atoms with van der Waals surface area (Å²) in [5, 5.41) is 0. The first-order valence-corrected chi connectivity index (χ1v) is 6.03. The molecule has 0 N–H and O–H groups in total. The van der Waals surface area contributed by atoms with Crippen LogP contribution >= 0.6 is 0 Å². The molecule has 0 amide bonds. The van der Waals surface area contributed by atoms with E-state index in [9.17, 15) is 4.79 Å². The molecule has 0 radical (unpaired) electrons. The Hall–Kier alpha value is -0.610. The van der Waals surface area contributed by atoms with E-state index < -0.39 is 5.79 Å². The second kappa shape index (κ2) is 6.21. The zero-order valence-electron chi connectivity index (χ0n) is 10.5. The number of ether oxygens (including phenoxy) is 3. The molecule has 0 aromatic rings. The lowest BCUT2D eigenvalue weighted by molar-refractivity contribution is -0.166. The second-order valence-corrected chi connectivity index (χ2v) is 4.45. The molecule has 0 aliphatic carbocycles. The highest BCUT2D eigenvalue weighted by atomic mass is 16.7. The molecular formula is C12H22O4. The summed E-state index contributed by atoms with van der Waals surface area (Å²) in [5.74, 6) is -0.773. The first-order chi connectivity index (χ1) is 7.56. The average molecular weight is 230 g/mol. The quantitative estimate of drug-likeness (QED) is 0.518. The van der Waals surface area contributed by atoms with Crippen LogP contribution < -0.4 is 0 Å². The van der Waals surface area contributed by atoms with Crippen molar-refractivity contribution in [2.45, 2.75) is 58.3 Å². The largest absolute Gasteiger partial charge is 0.466 e. The fourth-order valence-electron chi connectivity index (χ4n) is 1.65. The van der Waals surface area contributed by atoms with Gasteiger partial charge >= 0.3 is 5.97 Å². The van der Waals surface area contributed by atoms with Crippen molar-refractivity contribution < 1.29 is 19.0 Å². The third kappa shape index (κ3) is 4.49. The number of unbranched alkanes of at least 4 members (excludes halogenated alkanes) is 1. The van der Waals surface area contributed by atoms with Crippen LogP contribution in [0.3, 0.4) is 0 Å². The van der Waals surface area contributed by atoms with Crippen molar-refractivity contribution in [2.75, 3.05) is 13.2 Å². The lowest BCUT2D eigenvalue weighted by Crippen LogP contribution is -2.27. The SMILES string of the molecule is CCCCOC(=O)CCC1(C)OCC(C)O1. The second-order valence-electron chi connectivity index (χ2n) is 4.45. The van der Waals surface area contributed by atoms with E-state index in [-0.39, 0.29) is 12.1 Å². The molecule has 0 bridgehead atoms. The molecule has 4 nitrogen and oxygen atoms in total. The van der Waals surface area contributed by atoms with E-state index in [1.165, 1.54) is 0 Å². The van der Waals surface area contributed by atoms with Gasteiger partial charge in [-0.25, -0.2) is 0 Å². The van der Waals surface area contributed by atoms with Gasteiger partial charge in [0, 0.05) is 6.42 Å². The molecule has 1 heterocycles. The normalized spacial score (nSPS) is 29.3. The smallest absolute Gasteiger partial charge is 0.305 e. The van der Waals surface area contributed by atoms with E-state index in [1.807, 2.05) is 13.8 Å². The van der Waals surface area contributed by atoms with Gasteiger partial charge in [0.1, 0.15) is 0 Å². The summed E-state index contributed by atoms with van der Waals surface area (Å²) >= 11 is 0. The van der Waals surface area contributed by atoms with E-state index in [1.54, 1.807) is 0 Å². The Morgan fingerprint density at radius 1 is 1.56 bits per heavy atom. The molecule has 0 aromatic heterocycles. The van der Waals surface area contributed by atoms with Gasteiger partial charge in [0.05, 0.1) is 25.7 Å². The van der Waals surface area contributed by atoms with Crippen LogP contribution in [0, 0.1) is 0 Å². The van der Waals surface area contributed by atoms with E-state index >= 15 is 0 Å². The first-order valence-electron chi connectivity index (χ1n) is 6.03. The van der Waals surface area contributed by atoms with Crippen LogP contribution in [0.2, 0.25) is 0 Å². The summed E-state index contributed by atoms with van der Waals surface area (Å²) in [6.45, 7) is 7.02. The molecule has 1 aliphatic heterocycles. The van der Waals surface area contributed by atoms with Crippen LogP contribution in [-0.4, -0.2) is 31.1 Å². The molecule has 2 unspecified atom stereocenters. The topological polar surface area (TPSA) is 44.8 Å². The number of carbonyl (C=O) groups is 1. The van der Waals surface area contributed by atoms with Gasteiger partial charge < -0.3 is 14.2 Å². The Kier molecular flexibility index (Phi) is 5.22. The zero-order chi connectivity index (χ0) is 12.0. The minimum atomic E-state index is -0.608. The minimum absolute atomic E-state index is 0.112. The third-order valence-corrected chi connectivity index (χ3v) is 2.62. The summed E-state index contributed by atoms with van der Waals surface area (Å²) in [4.78, 5) is 11.4. The molecule has 1 aliphatic rings. The molecule has 0 aromatic carbocycles. The van der Waals surface area contributed by atoms with Crippen molar-refractivity contribution in [1.29, 1.82) is 0 Å². The van der Waals surface area contributed by atoms with E-state index in [2.05, 4.69) is 6.92 Å². The molecule has 94 valence electrons. The fourth-order valence-corrected chi connectivity index (χ4v) is 1.65. The predicted molar refractivity (Wildman–Crippen MR) is 60.0 cm³/mol. The summed E-state index contributed by atoms with van der Waals surface area (Å²) in [5.41, 5.74) is 0. The van der Waals surface area contributed by atoms with Crippen molar-refractivity contribution in [3.05, 3.63) is 0 Å². The Labute approximate surface area is 97.2 Å². The lowest BCUT2D eigenvalue weighted by atomic mass is 10.2. The van der Waals surface area contributed by atoms with Crippen LogP contribution in [0.1, 0.15) is 46.5 Å². The molecule has 1 saturated heterocycles. The van der Waals surface area contributed by atoms with Crippen molar-refractivity contribution >= 4 is 5.97 Å². The van der Waals surface area contributed by atoms with Crippen LogP contribution in [0.25, 0.3) is 0 Å². The van der Waals surface area contributed by atoms with E-state index in [0.717, 1.165) is 12.8 Å². The Morgan fingerprint density at radius 2 is 2.31 bits per heavy atom. The highest BCUT2D eigenvalue weighted by Gasteiger charge is 2.35. The maximum atomic E-state index is 11.4. The van der Waals surface area contributed by atoms with Gasteiger partial charge in [-0.05, 0) is 20.3 Å². The molecule has 0 spiro atoms. The number of carbonyl (C=O) groups excluding carboxylic acids is 1. The van der Waals surface area contributed by atoms with E-state index in [4.69, 9.17) is 14.2 Å². The highest BCUT2D eigenvalue weighted by molar-refractivity contribution is 5.69. The van der Waals surface area contributed by atoms with E-state index in [0.29, 0.717) is 26.1 Å². The molecule has 16 heavy (non-hydrogen) atoms. The minimum Gasteiger partial charge on any atom is -0.466 e. The number of hydrogen-bond acceptors (Lipinski definition) is 4. The van der Waals surface area contributed by atoms with Gasteiger partial charge in [-0.3, -0.25) is 4.79 Å². The van der Waals surface area contributed by atoms with Gasteiger partial charge in [0.15, 0.2) is 5.79 Å². The fraction of sp³-hybridized carbons (Fsp3) is 0.917. The van der Waals surface area contributed by atoms with Crippen LogP contribution in [0.4, 0.5) is 0 Å². The van der Waals surface area contributed by atoms with Gasteiger partial charge in [0.2, 0.25) is 0 Å². The van der Waals surface area contributed by atoms with Crippen LogP contribution in [0.5, 0.6) is 0 Å². The third-order valence-electron chi connectivity index (χ3n) is 2.62. The Balaban J connectivity index is 2.16. The van der Waals surface area contributed by atoms with Crippen molar-refractivity contribution in [3.63, 3.8) is 0 Å². The van der Waals surface area contributed by atoms with Crippen molar-refractivity contribution in [2.24, 2.45) is 0 Å². The maximum Gasteiger partial charge on any atom is 0.305 e. The molecule has 2 atom stereocenters. The van der Waals surface area contributed by atoms with Crippen LogP contribution in [0.15, 0.2) is 0 Å². The highest BCUT2D eigenvalue weighted by Crippen LogP contribution is 2.27. The molecule has 1 fully saturated rings. The van der Waals surface area contributed by atoms with Gasteiger partial charge in [-0.2, -0.15) is 0 Å².